The first-order chi connectivity index (χ1) is 9.24. The molecule has 0 saturated heterocycles. The van der Waals surface area contributed by atoms with Crippen LogP contribution >= 0.6 is 0 Å². The molecule has 2 atom stereocenters. The Morgan fingerprint density at radius 2 is 1.37 bits per heavy atom. The number of rotatable bonds is 14. The van der Waals surface area contributed by atoms with Crippen LogP contribution in [0.4, 0.5) is 0 Å². The third-order valence-electron chi connectivity index (χ3n) is 3.91. The monoisotopic (exact) mass is 270 g/mol. The molecular weight excluding hydrogens is 232 g/mol. The quantitative estimate of drug-likeness (QED) is 0.334. The van der Waals surface area contributed by atoms with Crippen molar-refractivity contribution >= 4 is 0 Å². The van der Waals surface area contributed by atoms with Crippen LogP contribution in [0.2, 0.25) is 0 Å². The van der Waals surface area contributed by atoms with E-state index in [1.165, 1.54) is 70.6 Å². The summed E-state index contributed by atoms with van der Waals surface area (Å²) in [6, 6.07) is 0. The molecule has 0 aliphatic carbocycles. The summed E-state index contributed by atoms with van der Waals surface area (Å²) in [6.45, 7) is 10.2. The highest BCUT2D eigenvalue weighted by Gasteiger charge is 2.12. The first-order valence-corrected chi connectivity index (χ1v) is 8.86. The Bertz CT molecular complexity index is 167. The molecule has 0 fully saturated rings. The van der Waals surface area contributed by atoms with Gasteiger partial charge in [0.25, 0.3) is 0 Å². The molecule has 0 radical (unpaired) electrons. The highest BCUT2D eigenvalue weighted by Crippen LogP contribution is 2.18. The third kappa shape index (κ3) is 12.7. The molecule has 0 aromatic carbocycles. The summed E-state index contributed by atoms with van der Waals surface area (Å²) in [5.41, 5.74) is 0. The molecule has 0 aromatic rings. The van der Waals surface area contributed by atoms with Crippen LogP contribution in [-0.2, 0) is 4.74 Å². The summed E-state index contributed by atoms with van der Waals surface area (Å²) < 4.78 is 6.11. The largest absolute Gasteiger partial charge is 0.378 e. The van der Waals surface area contributed by atoms with Crippen LogP contribution in [-0.4, -0.2) is 12.7 Å². The van der Waals surface area contributed by atoms with Gasteiger partial charge >= 0.3 is 0 Å². The molecule has 2 unspecified atom stereocenters. The standard InChI is InChI=1S/C18H38O/c1-5-8-9-10-11-12-15-19-18(14-7-3)16-17(4)13-6-2/h17-18H,5-16H2,1-4H3. The number of unbranched alkanes of at least 4 members (excludes halogenated alkanes) is 5. The lowest BCUT2D eigenvalue weighted by atomic mass is 9.96. The van der Waals surface area contributed by atoms with E-state index >= 15 is 0 Å². The van der Waals surface area contributed by atoms with Crippen LogP contribution < -0.4 is 0 Å². The fourth-order valence-corrected chi connectivity index (χ4v) is 2.78. The molecule has 0 heterocycles. The highest BCUT2D eigenvalue weighted by atomic mass is 16.5. The van der Waals surface area contributed by atoms with Crippen molar-refractivity contribution in [1.82, 2.24) is 0 Å². The Labute approximate surface area is 122 Å². The van der Waals surface area contributed by atoms with Gasteiger partial charge in [-0.05, 0) is 25.2 Å². The van der Waals surface area contributed by atoms with E-state index in [4.69, 9.17) is 4.74 Å². The average molecular weight is 271 g/mol. The molecule has 0 spiro atoms. The zero-order valence-corrected chi connectivity index (χ0v) is 14.0. The fourth-order valence-electron chi connectivity index (χ4n) is 2.78. The normalized spacial score (nSPS) is 14.5. The average Bonchev–Trinajstić information content (AvgIpc) is 2.38. The Kier molecular flexibility index (Phi) is 14.3. The van der Waals surface area contributed by atoms with Crippen molar-refractivity contribution in [3.05, 3.63) is 0 Å². The van der Waals surface area contributed by atoms with Gasteiger partial charge in [0.2, 0.25) is 0 Å². The minimum absolute atomic E-state index is 0.516. The van der Waals surface area contributed by atoms with Crippen molar-refractivity contribution in [2.75, 3.05) is 6.61 Å². The van der Waals surface area contributed by atoms with E-state index in [9.17, 15) is 0 Å². The van der Waals surface area contributed by atoms with Crippen molar-refractivity contribution < 1.29 is 4.74 Å². The molecule has 1 nitrogen and oxygen atoms in total. The molecule has 1 heteroatoms. The summed E-state index contributed by atoms with van der Waals surface area (Å²) in [5.74, 6) is 0.825. The molecule has 0 N–H and O–H groups in total. The van der Waals surface area contributed by atoms with Crippen LogP contribution in [0.1, 0.15) is 98.3 Å². The zero-order chi connectivity index (χ0) is 14.3. The lowest BCUT2D eigenvalue weighted by Gasteiger charge is -2.21. The second-order valence-electron chi connectivity index (χ2n) is 6.18. The van der Waals surface area contributed by atoms with E-state index < -0.39 is 0 Å². The predicted octanol–water partition coefficient (Wildman–Crippen LogP) is 6.36. The van der Waals surface area contributed by atoms with Gasteiger partial charge in [-0.2, -0.15) is 0 Å². The molecular formula is C18H38O. The molecule has 0 saturated carbocycles. The van der Waals surface area contributed by atoms with Crippen molar-refractivity contribution in [1.29, 1.82) is 0 Å². The van der Waals surface area contributed by atoms with E-state index in [-0.39, 0.29) is 0 Å². The zero-order valence-electron chi connectivity index (χ0n) is 14.0. The first-order valence-electron chi connectivity index (χ1n) is 8.86. The SMILES string of the molecule is CCCCCCCCOC(CCC)CC(C)CCC. The van der Waals surface area contributed by atoms with Crippen LogP contribution in [0.25, 0.3) is 0 Å². The molecule has 0 rings (SSSR count). The van der Waals surface area contributed by atoms with E-state index in [1.54, 1.807) is 0 Å². The Morgan fingerprint density at radius 3 is 2.00 bits per heavy atom. The predicted molar refractivity (Wildman–Crippen MR) is 86.7 cm³/mol. The fraction of sp³-hybridized carbons (Fsp3) is 1.00. The van der Waals surface area contributed by atoms with E-state index in [1.807, 2.05) is 0 Å². The van der Waals surface area contributed by atoms with Gasteiger partial charge in [0.1, 0.15) is 0 Å². The van der Waals surface area contributed by atoms with Gasteiger partial charge in [-0.25, -0.2) is 0 Å². The second kappa shape index (κ2) is 14.4. The Hall–Kier alpha value is -0.0400. The second-order valence-corrected chi connectivity index (χ2v) is 6.18. The van der Waals surface area contributed by atoms with Crippen LogP contribution in [0, 0.1) is 5.92 Å². The van der Waals surface area contributed by atoms with Gasteiger partial charge in [-0.3, -0.25) is 0 Å². The van der Waals surface area contributed by atoms with Crippen LogP contribution in [0.3, 0.4) is 0 Å². The maximum atomic E-state index is 6.11. The van der Waals surface area contributed by atoms with Gasteiger partial charge in [-0.1, -0.05) is 79.1 Å². The molecule has 0 aliphatic heterocycles. The van der Waals surface area contributed by atoms with E-state index in [0.29, 0.717) is 6.10 Å². The minimum atomic E-state index is 0.516. The Morgan fingerprint density at radius 1 is 0.737 bits per heavy atom. The molecule has 0 amide bonds. The Balaban J connectivity index is 3.58. The maximum absolute atomic E-state index is 6.11. The summed E-state index contributed by atoms with van der Waals surface area (Å²) in [4.78, 5) is 0. The minimum Gasteiger partial charge on any atom is -0.378 e. The lowest BCUT2D eigenvalue weighted by Crippen LogP contribution is -2.17. The van der Waals surface area contributed by atoms with Crippen molar-refractivity contribution in [3.63, 3.8) is 0 Å². The van der Waals surface area contributed by atoms with Gasteiger partial charge in [-0.15, -0.1) is 0 Å². The molecule has 0 aromatic heterocycles. The summed E-state index contributed by atoms with van der Waals surface area (Å²) >= 11 is 0. The van der Waals surface area contributed by atoms with E-state index in [0.717, 1.165) is 12.5 Å². The molecule has 0 aliphatic rings. The first kappa shape index (κ1) is 19.0. The van der Waals surface area contributed by atoms with Gasteiger partial charge in [0.15, 0.2) is 0 Å². The maximum Gasteiger partial charge on any atom is 0.0577 e. The summed E-state index contributed by atoms with van der Waals surface area (Å²) in [5, 5.41) is 0. The van der Waals surface area contributed by atoms with Gasteiger partial charge < -0.3 is 4.74 Å². The van der Waals surface area contributed by atoms with Crippen molar-refractivity contribution in [2.24, 2.45) is 5.92 Å². The number of hydrogen-bond donors (Lipinski definition) is 0. The summed E-state index contributed by atoms with van der Waals surface area (Å²) in [7, 11) is 0. The molecule has 19 heavy (non-hydrogen) atoms. The summed E-state index contributed by atoms with van der Waals surface area (Å²) in [6.07, 6.45) is 15.1. The van der Waals surface area contributed by atoms with Crippen molar-refractivity contribution in [2.45, 2.75) is 104 Å². The number of hydrogen-bond acceptors (Lipinski definition) is 1. The smallest absolute Gasteiger partial charge is 0.0577 e. The van der Waals surface area contributed by atoms with Crippen molar-refractivity contribution in [3.8, 4) is 0 Å². The van der Waals surface area contributed by atoms with Gasteiger partial charge in [0.05, 0.1) is 6.10 Å². The highest BCUT2D eigenvalue weighted by molar-refractivity contribution is 4.63. The van der Waals surface area contributed by atoms with Crippen LogP contribution in [0.15, 0.2) is 0 Å². The third-order valence-corrected chi connectivity index (χ3v) is 3.91. The molecule has 0 bridgehead atoms. The van der Waals surface area contributed by atoms with Gasteiger partial charge in [0, 0.05) is 6.61 Å². The van der Waals surface area contributed by atoms with E-state index in [2.05, 4.69) is 27.7 Å². The van der Waals surface area contributed by atoms with Crippen LogP contribution in [0.5, 0.6) is 0 Å². The lowest BCUT2D eigenvalue weighted by molar-refractivity contribution is 0.0285. The molecule has 116 valence electrons. The topological polar surface area (TPSA) is 9.23 Å². The number of ether oxygens (including phenoxy) is 1.